The van der Waals surface area contributed by atoms with Crippen molar-refractivity contribution in [1.29, 1.82) is 0 Å². The molecule has 0 aromatic heterocycles. The van der Waals surface area contributed by atoms with Gasteiger partial charge in [0.2, 0.25) is 0 Å². The summed E-state index contributed by atoms with van der Waals surface area (Å²) in [5.74, 6) is -1.36. The van der Waals surface area contributed by atoms with E-state index in [0.717, 1.165) is 9.87 Å². The third-order valence-electron chi connectivity index (χ3n) is 3.89. The number of benzene rings is 2. The van der Waals surface area contributed by atoms with Gasteiger partial charge in [0.05, 0.1) is 18.4 Å². The lowest BCUT2D eigenvalue weighted by Gasteiger charge is -2.16. The number of rotatable bonds is 4. The number of anilines is 1. The van der Waals surface area contributed by atoms with E-state index in [9.17, 15) is 23.1 Å². The molecule has 0 spiro atoms. The number of phenols is 1. The molecule has 1 aliphatic heterocycles. The molecule has 0 radical (unpaired) electrons. The maximum atomic E-state index is 11.9. The first-order valence-corrected chi connectivity index (χ1v) is 9.06. The summed E-state index contributed by atoms with van der Waals surface area (Å²) in [7, 11) is -2.68. The average Bonchev–Trinajstić information content (AvgIpc) is 2.86. The quantitative estimate of drug-likeness (QED) is 0.768. The molecule has 1 amide bonds. The molecule has 2 N–H and O–H groups in total. The van der Waals surface area contributed by atoms with Gasteiger partial charge in [0.25, 0.3) is 5.91 Å². The van der Waals surface area contributed by atoms with Gasteiger partial charge in [-0.1, -0.05) is 18.2 Å². The molecule has 9 heteroatoms. The number of methoxy groups -OCH3 is 1. The molecule has 1 aliphatic rings. The maximum Gasteiger partial charge on any atom is 0.337 e. The number of hydrogen-bond donors (Lipinski definition) is 2. The molecule has 2 aromatic carbocycles. The number of carbonyl (C=O) groups excluding carboxylic acids is 2. The van der Waals surface area contributed by atoms with E-state index in [4.69, 9.17) is 0 Å². The number of phenolic OH excluding ortho intramolecular Hbond substituents is 1. The van der Waals surface area contributed by atoms with Gasteiger partial charge in [0, 0.05) is 0 Å². The van der Waals surface area contributed by atoms with E-state index in [2.05, 4.69) is 4.74 Å². The third-order valence-corrected chi connectivity index (χ3v) is 5.28. The number of esters is 1. The second-order valence-corrected chi connectivity index (χ2v) is 7.32. The largest absolute Gasteiger partial charge is 0.506 e. The summed E-state index contributed by atoms with van der Waals surface area (Å²) in [6.07, 6.45) is 0.419. The second-order valence-electron chi connectivity index (χ2n) is 5.73. The van der Waals surface area contributed by atoms with Crippen LogP contribution in [0.4, 0.5) is 5.69 Å². The fourth-order valence-electron chi connectivity index (χ4n) is 2.71. The van der Waals surface area contributed by atoms with Crippen LogP contribution in [0.1, 0.15) is 21.5 Å². The topological polar surface area (TPSA) is 113 Å². The van der Waals surface area contributed by atoms with Crippen LogP contribution in [0.15, 0.2) is 42.5 Å². The number of hydrogen-bond acceptors (Lipinski definition) is 6. The van der Waals surface area contributed by atoms with Crippen molar-refractivity contribution in [1.82, 2.24) is 4.72 Å². The molecule has 0 saturated carbocycles. The van der Waals surface area contributed by atoms with E-state index in [1.807, 2.05) is 10.8 Å². The van der Waals surface area contributed by atoms with Gasteiger partial charge in [0.15, 0.2) is 0 Å². The van der Waals surface area contributed by atoms with Crippen molar-refractivity contribution in [3.8, 4) is 5.75 Å². The van der Waals surface area contributed by atoms with Crippen molar-refractivity contribution in [2.24, 2.45) is 0 Å². The van der Waals surface area contributed by atoms with Gasteiger partial charge in [-0.05, 0) is 41.8 Å². The minimum absolute atomic E-state index is 0.0235. The molecular formula is C17H16N2O6S. The van der Waals surface area contributed by atoms with Crippen LogP contribution in [0, 0.1) is 0 Å². The van der Waals surface area contributed by atoms with E-state index in [0.29, 0.717) is 17.5 Å². The molecule has 2 aromatic rings. The number of nitrogens with zero attached hydrogens (tertiary/aromatic N) is 1. The second kappa shape index (κ2) is 6.68. The minimum Gasteiger partial charge on any atom is -0.506 e. The Morgan fingerprint density at radius 2 is 1.96 bits per heavy atom. The van der Waals surface area contributed by atoms with Gasteiger partial charge in [0.1, 0.15) is 12.3 Å². The highest BCUT2D eigenvalue weighted by Gasteiger charge is 2.35. The monoisotopic (exact) mass is 376 g/mol. The summed E-state index contributed by atoms with van der Waals surface area (Å²) in [5.41, 5.74) is 1.98. The minimum atomic E-state index is -3.98. The number of aromatic hydroxyl groups is 1. The Bertz CT molecular complexity index is 986. The molecule has 0 aliphatic carbocycles. The number of amides is 1. The fraction of sp³-hybridized carbons (Fsp3) is 0.176. The lowest BCUT2D eigenvalue weighted by Crippen LogP contribution is -2.29. The Balaban J connectivity index is 1.85. The van der Waals surface area contributed by atoms with Crippen molar-refractivity contribution >= 4 is 27.8 Å². The highest BCUT2D eigenvalue weighted by Crippen LogP contribution is 2.32. The van der Waals surface area contributed by atoms with Crippen LogP contribution in [-0.4, -0.2) is 39.1 Å². The zero-order valence-electron chi connectivity index (χ0n) is 13.8. The standard InChI is InChI=1S/C17H16N2O6S/c1-25-17(22)13-4-2-3-11(8-13)7-12-5-6-14(15(20)9-12)19-10-16(21)18-26(19,23)24/h2-6,8-9,20H,7,10H2,1H3,(H,18,21). The van der Waals surface area contributed by atoms with Crippen molar-refractivity contribution in [2.45, 2.75) is 6.42 Å². The third kappa shape index (κ3) is 3.47. The van der Waals surface area contributed by atoms with E-state index in [-0.39, 0.29) is 18.0 Å². The molecule has 0 atom stereocenters. The Labute approximate surface area is 150 Å². The highest BCUT2D eigenvalue weighted by atomic mass is 32.2. The van der Waals surface area contributed by atoms with E-state index in [1.165, 1.54) is 19.2 Å². The molecule has 8 nitrogen and oxygen atoms in total. The molecule has 1 fully saturated rings. The summed E-state index contributed by atoms with van der Waals surface area (Å²) < 4.78 is 31.1. The van der Waals surface area contributed by atoms with Crippen molar-refractivity contribution in [3.63, 3.8) is 0 Å². The lowest BCUT2D eigenvalue weighted by atomic mass is 10.0. The normalized spacial score (nSPS) is 15.6. The number of carbonyl (C=O) groups is 2. The van der Waals surface area contributed by atoms with Crippen LogP contribution < -0.4 is 9.03 Å². The predicted octanol–water partition coefficient (Wildman–Crippen LogP) is 0.951. The average molecular weight is 376 g/mol. The summed E-state index contributed by atoms with van der Waals surface area (Å²) in [6.45, 7) is -0.379. The Morgan fingerprint density at radius 3 is 2.58 bits per heavy atom. The fourth-order valence-corrected chi connectivity index (χ4v) is 3.88. The molecule has 1 saturated heterocycles. The van der Waals surface area contributed by atoms with E-state index >= 15 is 0 Å². The van der Waals surface area contributed by atoms with Gasteiger partial charge in [-0.2, -0.15) is 8.42 Å². The smallest absolute Gasteiger partial charge is 0.337 e. The van der Waals surface area contributed by atoms with Crippen LogP contribution in [0.3, 0.4) is 0 Å². The summed E-state index contributed by atoms with van der Waals surface area (Å²) in [6, 6.07) is 11.4. The van der Waals surface area contributed by atoms with E-state index < -0.39 is 22.1 Å². The molecule has 0 unspecified atom stereocenters. The molecule has 136 valence electrons. The summed E-state index contributed by atoms with van der Waals surface area (Å²) in [5, 5.41) is 10.2. The van der Waals surface area contributed by atoms with Crippen LogP contribution in [0.2, 0.25) is 0 Å². The highest BCUT2D eigenvalue weighted by molar-refractivity contribution is 7.92. The Hall–Kier alpha value is -3.07. The molecule has 26 heavy (non-hydrogen) atoms. The Kier molecular flexibility index (Phi) is 4.56. The van der Waals surface area contributed by atoms with E-state index in [1.54, 1.807) is 24.3 Å². The first kappa shape index (κ1) is 17.7. The zero-order valence-corrected chi connectivity index (χ0v) is 14.6. The zero-order chi connectivity index (χ0) is 18.9. The molecular weight excluding hydrogens is 360 g/mol. The maximum absolute atomic E-state index is 11.9. The van der Waals surface area contributed by atoms with Crippen LogP contribution in [-0.2, 0) is 26.2 Å². The summed E-state index contributed by atoms with van der Waals surface area (Å²) in [4.78, 5) is 22.9. The van der Waals surface area contributed by atoms with Crippen molar-refractivity contribution in [2.75, 3.05) is 18.0 Å². The lowest BCUT2D eigenvalue weighted by molar-refractivity contribution is -0.117. The van der Waals surface area contributed by atoms with Gasteiger partial charge in [-0.3, -0.25) is 4.79 Å². The molecule has 0 bridgehead atoms. The van der Waals surface area contributed by atoms with Gasteiger partial charge >= 0.3 is 16.2 Å². The van der Waals surface area contributed by atoms with Gasteiger partial charge < -0.3 is 9.84 Å². The SMILES string of the molecule is COC(=O)c1cccc(Cc2ccc(N3CC(=O)NS3(=O)=O)c(O)c2)c1. The van der Waals surface area contributed by atoms with Crippen LogP contribution in [0.5, 0.6) is 5.75 Å². The van der Waals surface area contributed by atoms with Gasteiger partial charge in [-0.15, -0.1) is 0 Å². The van der Waals surface area contributed by atoms with Gasteiger partial charge in [-0.25, -0.2) is 13.8 Å². The van der Waals surface area contributed by atoms with Crippen LogP contribution >= 0.6 is 0 Å². The Morgan fingerprint density at radius 1 is 1.23 bits per heavy atom. The summed E-state index contributed by atoms with van der Waals surface area (Å²) >= 11 is 0. The predicted molar refractivity (Wildman–Crippen MR) is 93.1 cm³/mol. The number of nitrogens with one attached hydrogen (secondary N) is 1. The number of ether oxygens (including phenoxy) is 1. The first-order chi connectivity index (χ1) is 12.3. The first-order valence-electron chi connectivity index (χ1n) is 7.62. The molecule has 3 rings (SSSR count). The molecule has 1 heterocycles. The van der Waals surface area contributed by atoms with Crippen molar-refractivity contribution < 1.29 is 27.9 Å². The van der Waals surface area contributed by atoms with Crippen LogP contribution in [0.25, 0.3) is 0 Å². The van der Waals surface area contributed by atoms with Crippen molar-refractivity contribution in [3.05, 3.63) is 59.2 Å².